The molecule has 38 heavy (non-hydrogen) atoms. The summed E-state index contributed by atoms with van der Waals surface area (Å²) in [5, 5.41) is 9.42. The minimum atomic E-state index is -0.343. The van der Waals surface area contributed by atoms with Crippen LogP contribution in [-0.4, -0.2) is 34.4 Å². The van der Waals surface area contributed by atoms with Crippen molar-refractivity contribution in [3.05, 3.63) is 107 Å². The van der Waals surface area contributed by atoms with E-state index >= 15 is 0 Å². The van der Waals surface area contributed by atoms with E-state index < -0.39 is 0 Å². The number of hydrogen-bond acceptors (Lipinski definition) is 6. The average molecular weight is 529 g/mol. The molecule has 2 aromatic heterocycles. The van der Waals surface area contributed by atoms with Crippen LogP contribution in [0.4, 0.5) is 10.1 Å². The van der Waals surface area contributed by atoms with Crippen LogP contribution in [0.25, 0.3) is 16.4 Å². The van der Waals surface area contributed by atoms with E-state index in [2.05, 4.69) is 15.4 Å². The van der Waals surface area contributed by atoms with Gasteiger partial charge in [0.05, 0.1) is 24.3 Å². The topological polar surface area (TPSA) is 78.3 Å². The largest absolute Gasteiger partial charge is 0.497 e. The zero-order chi connectivity index (χ0) is 26.5. The summed E-state index contributed by atoms with van der Waals surface area (Å²) in [4.78, 5) is 18.2. The monoisotopic (exact) mass is 528 g/mol. The highest BCUT2D eigenvalue weighted by atomic mass is 32.1. The molecule has 3 aromatic carbocycles. The van der Waals surface area contributed by atoms with Gasteiger partial charge in [0, 0.05) is 17.7 Å². The van der Waals surface area contributed by atoms with Gasteiger partial charge in [0.1, 0.15) is 11.6 Å². The summed E-state index contributed by atoms with van der Waals surface area (Å²) in [6, 6.07) is 23.6. The molecule has 9 heteroatoms. The zero-order valence-electron chi connectivity index (χ0n) is 20.8. The second-order valence-corrected chi connectivity index (χ2v) is 9.47. The van der Waals surface area contributed by atoms with Crippen molar-refractivity contribution in [2.75, 3.05) is 19.0 Å². The molecule has 7 nitrogen and oxygen atoms in total. The molecule has 0 atom stereocenters. The first-order valence-electron chi connectivity index (χ1n) is 11.9. The molecule has 0 saturated heterocycles. The maximum absolute atomic E-state index is 13.5. The van der Waals surface area contributed by atoms with Crippen LogP contribution in [0.2, 0.25) is 0 Å². The Morgan fingerprint density at radius 3 is 2.53 bits per heavy atom. The van der Waals surface area contributed by atoms with Crippen molar-refractivity contribution in [3.63, 3.8) is 0 Å². The normalized spacial score (nSPS) is 10.8. The number of nitrogens with zero attached hydrogens (tertiary/aromatic N) is 3. The molecule has 5 rings (SSSR count). The van der Waals surface area contributed by atoms with E-state index in [1.807, 2.05) is 53.9 Å². The van der Waals surface area contributed by atoms with E-state index in [4.69, 9.17) is 9.47 Å². The lowest BCUT2D eigenvalue weighted by Crippen LogP contribution is -2.12. The smallest absolute Gasteiger partial charge is 0.336 e. The second kappa shape index (κ2) is 11.3. The van der Waals surface area contributed by atoms with Crippen LogP contribution in [0.3, 0.4) is 0 Å². The molecule has 2 heterocycles. The van der Waals surface area contributed by atoms with E-state index in [1.165, 1.54) is 18.2 Å². The van der Waals surface area contributed by atoms with Gasteiger partial charge in [0.2, 0.25) is 0 Å². The first kappa shape index (κ1) is 25.2. The molecule has 1 amide bonds. The molecule has 0 fully saturated rings. The molecular formula is C29H25FN4O3S. The number of amides is 1. The lowest BCUT2D eigenvalue weighted by molar-refractivity contribution is 0.102. The van der Waals surface area contributed by atoms with Crippen LogP contribution in [0.5, 0.6) is 11.8 Å². The number of halogens is 1. The number of rotatable bonds is 9. The van der Waals surface area contributed by atoms with Gasteiger partial charge in [-0.15, -0.1) is 16.4 Å². The summed E-state index contributed by atoms with van der Waals surface area (Å²) < 4.78 is 26.4. The molecule has 0 unspecified atom stereocenters. The highest BCUT2D eigenvalue weighted by Crippen LogP contribution is 2.28. The van der Waals surface area contributed by atoms with E-state index in [9.17, 15) is 9.18 Å². The fraction of sp³-hybridized carbons (Fsp3) is 0.138. The van der Waals surface area contributed by atoms with Gasteiger partial charge in [-0.05, 0) is 84.1 Å². The van der Waals surface area contributed by atoms with Crippen molar-refractivity contribution in [3.8, 4) is 28.1 Å². The molecule has 0 radical (unpaired) electrons. The van der Waals surface area contributed by atoms with Crippen LogP contribution < -0.4 is 14.8 Å². The number of benzene rings is 3. The maximum Gasteiger partial charge on any atom is 0.336 e. The Kier molecular flexibility index (Phi) is 7.46. The van der Waals surface area contributed by atoms with Crippen LogP contribution >= 0.6 is 11.3 Å². The number of ether oxygens (including phenoxy) is 2. The Balaban J connectivity index is 1.31. The van der Waals surface area contributed by atoms with Crippen molar-refractivity contribution in [2.45, 2.75) is 13.3 Å². The summed E-state index contributed by atoms with van der Waals surface area (Å²) in [5.74, 6) is 0.822. The first-order valence-corrected chi connectivity index (χ1v) is 12.8. The molecule has 5 aromatic rings. The number of aryl methyl sites for hydroxylation is 1. The van der Waals surface area contributed by atoms with E-state index in [0.717, 1.165) is 21.9 Å². The van der Waals surface area contributed by atoms with Gasteiger partial charge in [-0.25, -0.2) is 9.07 Å². The molecular weight excluding hydrogens is 503 g/mol. The summed E-state index contributed by atoms with van der Waals surface area (Å²) in [5.41, 5.74) is 3.30. The Morgan fingerprint density at radius 2 is 1.84 bits per heavy atom. The van der Waals surface area contributed by atoms with Gasteiger partial charge in [0.25, 0.3) is 5.91 Å². The molecule has 1 N–H and O–H groups in total. The number of carbonyl (C=O) groups is 1. The van der Waals surface area contributed by atoms with Gasteiger partial charge in [0.15, 0.2) is 5.82 Å². The third-order valence-corrected chi connectivity index (χ3v) is 6.77. The number of anilines is 1. The summed E-state index contributed by atoms with van der Waals surface area (Å²) in [7, 11) is 1.64. The van der Waals surface area contributed by atoms with Gasteiger partial charge < -0.3 is 14.8 Å². The third kappa shape index (κ3) is 5.73. The number of methoxy groups -OCH3 is 1. The minimum absolute atomic E-state index is 0.283. The highest BCUT2D eigenvalue weighted by molar-refractivity contribution is 7.13. The Morgan fingerprint density at radius 1 is 1.05 bits per heavy atom. The van der Waals surface area contributed by atoms with Crippen LogP contribution in [0, 0.1) is 12.7 Å². The molecule has 0 aliphatic heterocycles. The molecule has 0 bridgehead atoms. The van der Waals surface area contributed by atoms with E-state index in [1.54, 1.807) is 42.2 Å². The summed E-state index contributed by atoms with van der Waals surface area (Å²) in [6.07, 6.45) is 0.703. The van der Waals surface area contributed by atoms with Crippen molar-refractivity contribution < 1.29 is 18.7 Å². The zero-order valence-corrected chi connectivity index (χ0v) is 21.7. The predicted molar refractivity (Wildman–Crippen MR) is 146 cm³/mol. The maximum atomic E-state index is 13.5. The summed E-state index contributed by atoms with van der Waals surface area (Å²) >= 11 is 1.56. The van der Waals surface area contributed by atoms with Gasteiger partial charge in [-0.3, -0.25) is 4.79 Å². The molecule has 0 spiro atoms. The molecule has 0 saturated carbocycles. The molecule has 192 valence electrons. The van der Waals surface area contributed by atoms with Crippen molar-refractivity contribution in [1.82, 2.24) is 14.8 Å². The highest BCUT2D eigenvalue weighted by Gasteiger charge is 2.16. The lowest BCUT2D eigenvalue weighted by Gasteiger charge is -2.08. The summed E-state index contributed by atoms with van der Waals surface area (Å²) in [6.45, 7) is 2.05. The van der Waals surface area contributed by atoms with Crippen LogP contribution in [0.1, 0.15) is 21.5 Å². The van der Waals surface area contributed by atoms with Crippen LogP contribution in [-0.2, 0) is 6.42 Å². The lowest BCUT2D eigenvalue weighted by atomic mass is 10.1. The van der Waals surface area contributed by atoms with Crippen molar-refractivity contribution in [1.29, 1.82) is 0 Å². The fourth-order valence-corrected chi connectivity index (χ4v) is 4.53. The number of nitrogens with one attached hydrogen (secondary N) is 1. The Hall–Kier alpha value is -4.50. The van der Waals surface area contributed by atoms with Crippen LogP contribution in [0.15, 0.2) is 84.2 Å². The SMILES string of the molecule is COc1ccc(CCOc2nc(-c3cccs3)n(-c3ccc(NC(=O)c4ccc(F)c(C)c4)cc3)n2)cc1. The van der Waals surface area contributed by atoms with Crippen molar-refractivity contribution in [2.24, 2.45) is 0 Å². The van der Waals surface area contributed by atoms with E-state index in [-0.39, 0.29) is 17.7 Å². The molecule has 0 aliphatic carbocycles. The van der Waals surface area contributed by atoms with Gasteiger partial charge in [-0.1, -0.05) is 18.2 Å². The standard InChI is InChI=1S/C29H25FN4O3S/c1-19-18-21(7-14-25(19)30)28(35)31-22-8-10-23(11-9-22)34-27(26-4-3-17-38-26)32-29(33-34)37-16-15-20-5-12-24(36-2)13-6-20/h3-14,17-18H,15-16H2,1-2H3,(H,31,35). The third-order valence-electron chi connectivity index (χ3n) is 5.90. The second-order valence-electron chi connectivity index (χ2n) is 8.52. The van der Waals surface area contributed by atoms with Gasteiger partial charge in [-0.2, -0.15) is 4.98 Å². The fourth-order valence-electron chi connectivity index (χ4n) is 3.83. The number of carbonyl (C=O) groups excluding carboxylic acids is 1. The molecule has 0 aliphatic rings. The van der Waals surface area contributed by atoms with Gasteiger partial charge >= 0.3 is 6.01 Å². The first-order chi connectivity index (χ1) is 18.5. The van der Waals surface area contributed by atoms with Crippen molar-refractivity contribution >= 4 is 22.9 Å². The average Bonchev–Trinajstić information content (AvgIpc) is 3.61. The quantitative estimate of drug-likeness (QED) is 0.242. The number of thiophene rings is 1. The number of hydrogen-bond donors (Lipinski definition) is 1. The Bertz CT molecular complexity index is 1530. The van der Waals surface area contributed by atoms with E-state index in [0.29, 0.717) is 35.7 Å². The Labute approximate surface area is 223 Å². The minimum Gasteiger partial charge on any atom is -0.497 e. The predicted octanol–water partition coefficient (Wildman–Crippen LogP) is 6.33. The number of aromatic nitrogens is 3.